The first-order valence-corrected chi connectivity index (χ1v) is 6.15. The summed E-state index contributed by atoms with van der Waals surface area (Å²) < 4.78 is 11.4. The molecule has 0 bridgehead atoms. The Labute approximate surface area is 110 Å². The lowest BCUT2D eigenvalue weighted by molar-refractivity contribution is -0.153. The van der Waals surface area contributed by atoms with Crippen molar-refractivity contribution in [2.24, 2.45) is 0 Å². The van der Waals surface area contributed by atoms with E-state index in [1.807, 2.05) is 39.0 Å². The number of hydrogen-bond donors (Lipinski definition) is 0. The van der Waals surface area contributed by atoms with Crippen LogP contribution in [0.1, 0.15) is 26.3 Å². The van der Waals surface area contributed by atoms with Crippen molar-refractivity contribution in [3.63, 3.8) is 0 Å². The van der Waals surface area contributed by atoms with Gasteiger partial charge >= 0.3 is 5.97 Å². The molecule has 0 aliphatic rings. The van der Waals surface area contributed by atoms with Crippen LogP contribution in [-0.4, -0.2) is 18.7 Å². The van der Waals surface area contributed by atoms with Gasteiger partial charge in [0.2, 0.25) is 0 Å². The second-order valence-corrected chi connectivity index (χ2v) is 5.64. The zero-order valence-electron chi connectivity index (χ0n) is 10.5. The topological polar surface area (TPSA) is 35.5 Å². The Balaban J connectivity index is 2.78. The van der Waals surface area contributed by atoms with Gasteiger partial charge in [-0.1, -0.05) is 22.0 Å². The first-order valence-electron chi connectivity index (χ1n) is 5.36. The summed E-state index contributed by atoms with van der Waals surface area (Å²) in [6.07, 6.45) is 0.216. The molecule has 0 N–H and O–H groups in total. The van der Waals surface area contributed by atoms with E-state index >= 15 is 0 Å². The number of carbonyl (C=O) groups is 1. The molecule has 0 radical (unpaired) electrons. The van der Waals surface area contributed by atoms with E-state index in [1.165, 1.54) is 0 Å². The third-order valence-corrected chi connectivity index (χ3v) is 2.50. The zero-order chi connectivity index (χ0) is 13.1. The molecule has 0 fully saturated rings. The lowest BCUT2D eigenvalue weighted by Crippen LogP contribution is -2.25. The van der Waals surface area contributed by atoms with Crippen LogP contribution in [0.2, 0.25) is 0 Å². The van der Waals surface area contributed by atoms with Gasteiger partial charge in [0.1, 0.15) is 11.4 Å². The smallest absolute Gasteiger partial charge is 0.310 e. The maximum Gasteiger partial charge on any atom is 0.310 e. The zero-order valence-corrected chi connectivity index (χ0v) is 12.1. The van der Waals surface area contributed by atoms with Crippen molar-refractivity contribution in [3.8, 4) is 5.75 Å². The van der Waals surface area contributed by atoms with Gasteiger partial charge in [0.05, 0.1) is 13.5 Å². The predicted molar refractivity (Wildman–Crippen MR) is 70.2 cm³/mol. The lowest BCUT2D eigenvalue weighted by atomic mass is 10.1. The monoisotopic (exact) mass is 300 g/mol. The van der Waals surface area contributed by atoms with Crippen molar-refractivity contribution < 1.29 is 14.3 Å². The minimum atomic E-state index is -0.459. The molecule has 17 heavy (non-hydrogen) atoms. The number of rotatable bonds is 3. The number of benzene rings is 1. The Morgan fingerprint density at radius 1 is 1.35 bits per heavy atom. The molecule has 3 nitrogen and oxygen atoms in total. The van der Waals surface area contributed by atoms with E-state index in [1.54, 1.807) is 7.11 Å². The Kier molecular flexibility index (Phi) is 4.57. The standard InChI is InChI=1S/C13H17BrO3/c1-13(2,3)17-12(15)7-9-5-6-10(14)8-11(9)16-4/h5-6,8H,7H2,1-4H3. The Hall–Kier alpha value is -1.03. The summed E-state index contributed by atoms with van der Waals surface area (Å²) in [7, 11) is 1.58. The van der Waals surface area contributed by atoms with Crippen molar-refractivity contribution in [1.82, 2.24) is 0 Å². The normalized spacial score (nSPS) is 11.1. The van der Waals surface area contributed by atoms with Gasteiger partial charge in [-0.25, -0.2) is 0 Å². The van der Waals surface area contributed by atoms with Crippen LogP contribution in [-0.2, 0) is 16.0 Å². The van der Waals surface area contributed by atoms with Crippen LogP contribution in [0.15, 0.2) is 22.7 Å². The quantitative estimate of drug-likeness (QED) is 0.803. The minimum Gasteiger partial charge on any atom is -0.496 e. The molecule has 0 saturated heterocycles. The molecule has 1 rings (SSSR count). The van der Waals surface area contributed by atoms with Gasteiger partial charge in [0, 0.05) is 10.0 Å². The van der Waals surface area contributed by atoms with Gasteiger partial charge in [0.15, 0.2) is 0 Å². The van der Waals surface area contributed by atoms with E-state index in [-0.39, 0.29) is 12.4 Å². The SMILES string of the molecule is COc1cc(Br)ccc1CC(=O)OC(C)(C)C. The van der Waals surface area contributed by atoms with Gasteiger partial charge < -0.3 is 9.47 Å². The fraction of sp³-hybridized carbons (Fsp3) is 0.462. The second kappa shape index (κ2) is 5.54. The molecule has 0 aliphatic heterocycles. The van der Waals surface area contributed by atoms with Gasteiger partial charge in [0.25, 0.3) is 0 Å². The summed E-state index contributed by atoms with van der Waals surface area (Å²) in [6, 6.07) is 5.56. The number of halogens is 1. The third kappa shape index (κ3) is 4.77. The Morgan fingerprint density at radius 3 is 2.53 bits per heavy atom. The summed E-state index contributed by atoms with van der Waals surface area (Å²) >= 11 is 3.36. The van der Waals surface area contributed by atoms with Crippen LogP contribution in [0.5, 0.6) is 5.75 Å². The minimum absolute atomic E-state index is 0.216. The van der Waals surface area contributed by atoms with Crippen molar-refractivity contribution >= 4 is 21.9 Å². The average molecular weight is 301 g/mol. The molecular formula is C13H17BrO3. The van der Waals surface area contributed by atoms with Crippen molar-refractivity contribution in [1.29, 1.82) is 0 Å². The Bertz CT molecular complexity index is 408. The number of ether oxygens (including phenoxy) is 2. The van der Waals surface area contributed by atoms with Crippen molar-refractivity contribution in [2.75, 3.05) is 7.11 Å². The van der Waals surface area contributed by atoms with Crippen molar-refractivity contribution in [2.45, 2.75) is 32.8 Å². The summed E-state index contributed by atoms with van der Waals surface area (Å²) in [5, 5.41) is 0. The highest BCUT2D eigenvalue weighted by Crippen LogP contribution is 2.24. The molecule has 0 aliphatic carbocycles. The van der Waals surface area contributed by atoms with Crippen LogP contribution >= 0.6 is 15.9 Å². The number of esters is 1. The first kappa shape index (κ1) is 14.0. The van der Waals surface area contributed by atoms with Gasteiger partial charge in [-0.2, -0.15) is 0 Å². The Morgan fingerprint density at radius 2 is 2.00 bits per heavy atom. The highest BCUT2D eigenvalue weighted by Gasteiger charge is 2.17. The first-order chi connectivity index (χ1) is 7.81. The molecule has 0 spiro atoms. The van der Waals surface area contributed by atoms with Crippen LogP contribution in [0.4, 0.5) is 0 Å². The van der Waals surface area contributed by atoms with Crippen LogP contribution in [0, 0.1) is 0 Å². The summed E-state index contributed by atoms with van der Waals surface area (Å²) in [5.41, 5.74) is 0.365. The molecular weight excluding hydrogens is 284 g/mol. The molecule has 0 heterocycles. The highest BCUT2D eigenvalue weighted by atomic mass is 79.9. The van der Waals surface area contributed by atoms with E-state index in [2.05, 4.69) is 15.9 Å². The van der Waals surface area contributed by atoms with E-state index in [9.17, 15) is 4.79 Å². The van der Waals surface area contributed by atoms with Gasteiger partial charge in [-0.15, -0.1) is 0 Å². The van der Waals surface area contributed by atoms with E-state index < -0.39 is 5.60 Å². The summed E-state index contributed by atoms with van der Waals surface area (Å²) in [5.74, 6) is 0.434. The largest absolute Gasteiger partial charge is 0.496 e. The number of carbonyl (C=O) groups excluding carboxylic acids is 1. The maximum absolute atomic E-state index is 11.7. The molecule has 0 amide bonds. The molecule has 0 saturated carbocycles. The summed E-state index contributed by atoms with van der Waals surface area (Å²) in [4.78, 5) is 11.7. The number of methoxy groups -OCH3 is 1. The highest BCUT2D eigenvalue weighted by molar-refractivity contribution is 9.10. The lowest BCUT2D eigenvalue weighted by Gasteiger charge is -2.19. The van der Waals surface area contributed by atoms with E-state index in [0.717, 1.165) is 10.0 Å². The van der Waals surface area contributed by atoms with Crippen LogP contribution in [0.25, 0.3) is 0 Å². The molecule has 1 aromatic carbocycles. The fourth-order valence-corrected chi connectivity index (χ4v) is 1.74. The molecule has 4 heteroatoms. The summed E-state index contributed by atoms with van der Waals surface area (Å²) in [6.45, 7) is 5.55. The molecule has 0 atom stereocenters. The van der Waals surface area contributed by atoms with Crippen molar-refractivity contribution in [3.05, 3.63) is 28.2 Å². The van der Waals surface area contributed by atoms with E-state index in [0.29, 0.717) is 5.75 Å². The molecule has 1 aromatic rings. The van der Waals surface area contributed by atoms with E-state index in [4.69, 9.17) is 9.47 Å². The second-order valence-electron chi connectivity index (χ2n) is 4.72. The predicted octanol–water partition coefficient (Wildman–Crippen LogP) is 3.34. The fourth-order valence-electron chi connectivity index (χ4n) is 1.40. The molecule has 94 valence electrons. The molecule has 0 aromatic heterocycles. The molecule has 0 unspecified atom stereocenters. The van der Waals surface area contributed by atoms with Gasteiger partial charge in [-0.3, -0.25) is 4.79 Å². The maximum atomic E-state index is 11.7. The third-order valence-electron chi connectivity index (χ3n) is 2.00. The van der Waals surface area contributed by atoms with Crippen LogP contribution < -0.4 is 4.74 Å². The average Bonchev–Trinajstić information content (AvgIpc) is 2.17. The number of hydrogen-bond acceptors (Lipinski definition) is 3. The van der Waals surface area contributed by atoms with Crippen LogP contribution in [0.3, 0.4) is 0 Å². The van der Waals surface area contributed by atoms with Gasteiger partial charge in [-0.05, 0) is 32.9 Å².